The zero-order chi connectivity index (χ0) is 18.6. The van der Waals surface area contributed by atoms with Crippen molar-refractivity contribution in [3.63, 3.8) is 0 Å². The van der Waals surface area contributed by atoms with Crippen LogP contribution in [0.2, 0.25) is 18.1 Å². The van der Waals surface area contributed by atoms with E-state index in [0.717, 1.165) is 0 Å². The Morgan fingerprint density at radius 1 is 1.12 bits per heavy atom. The lowest BCUT2D eigenvalue weighted by Crippen LogP contribution is -2.50. The fraction of sp³-hybridized carbons (Fsp3) is 0.889. The Morgan fingerprint density at radius 2 is 1.67 bits per heavy atom. The highest BCUT2D eigenvalue weighted by molar-refractivity contribution is 6.74. The molecule has 2 rings (SSSR count). The van der Waals surface area contributed by atoms with Gasteiger partial charge in [-0.15, -0.1) is 0 Å². The van der Waals surface area contributed by atoms with Crippen molar-refractivity contribution in [1.29, 1.82) is 0 Å². The van der Waals surface area contributed by atoms with Crippen molar-refractivity contribution in [1.82, 2.24) is 0 Å². The molecule has 0 saturated carbocycles. The van der Waals surface area contributed by atoms with E-state index in [1.807, 2.05) is 20.8 Å². The summed E-state index contributed by atoms with van der Waals surface area (Å²) < 4.78 is 30.6. The molecule has 140 valence electrons. The van der Waals surface area contributed by atoms with Crippen molar-refractivity contribution < 1.29 is 23.4 Å². The first-order chi connectivity index (χ1) is 10.7. The molecule has 0 aromatic heterocycles. The molecule has 0 aromatic carbocycles. The number of hydrogen-bond acceptors (Lipinski definition) is 5. The second kappa shape index (κ2) is 5.89. The number of ether oxygens (including phenoxy) is 4. The third-order valence-electron chi connectivity index (χ3n) is 5.62. The van der Waals surface area contributed by atoms with E-state index in [2.05, 4.69) is 40.4 Å². The first kappa shape index (κ1) is 20.1. The Labute approximate surface area is 147 Å². The van der Waals surface area contributed by atoms with Crippen molar-refractivity contribution in [2.75, 3.05) is 13.7 Å². The van der Waals surface area contributed by atoms with Crippen molar-refractivity contribution in [2.45, 2.75) is 89.1 Å². The van der Waals surface area contributed by atoms with E-state index in [9.17, 15) is 0 Å². The summed E-state index contributed by atoms with van der Waals surface area (Å²) in [5, 5.41) is 0.129. The maximum Gasteiger partial charge on any atom is 0.217 e. The van der Waals surface area contributed by atoms with Crippen molar-refractivity contribution in [3.8, 4) is 0 Å². The number of methoxy groups -OCH3 is 1. The largest absolute Gasteiger partial charge is 0.414 e. The highest BCUT2D eigenvalue weighted by Crippen LogP contribution is 2.50. The minimum absolute atomic E-state index is 0.129. The second-order valence-electron chi connectivity index (χ2n) is 9.07. The van der Waals surface area contributed by atoms with Gasteiger partial charge in [0, 0.05) is 7.11 Å². The molecule has 24 heavy (non-hydrogen) atoms. The average molecular weight is 359 g/mol. The molecular formula is C18H34O5Si. The van der Waals surface area contributed by atoms with Gasteiger partial charge in [0.25, 0.3) is 0 Å². The molecular weight excluding hydrogens is 324 g/mol. The summed E-state index contributed by atoms with van der Waals surface area (Å²) in [6, 6.07) is 0. The predicted molar refractivity (Wildman–Crippen MR) is 96.4 cm³/mol. The third kappa shape index (κ3) is 3.24. The molecule has 2 aliphatic rings. The van der Waals surface area contributed by atoms with Gasteiger partial charge in [0.15, 0.2) is 14.1 Å². The maximum absolute atomic E-state index is 6.43. The van der Waals surface area contributed by atoms with Crippen LogP contribution in [0, 0.1) is 0 Å². The molecule has 5 nitrogen and oxygen atoms in total. The minimum atomic E-state index is -1.91. The second-order valence-corrected chi connectivity index (χ2v) is 13.9. The fourth-order valence-electron chi connectivity index (χ4n) is 3.03. The Hall–Kier alpha value is -0.243. The summed E-state index contributed by atoms with van der Waals surface area (Å²) in [5.41, 5.74) is -0.668. The zero-order valence-electron chi connectivity index (χ0n) is 16.7. The minimum Gasteiger partial charge on any atom is -0.414 e. The van der Waals surface area contributed by atoms with Crippen molar-refractivity contribution in [3.05, 3.63) is 12.7 Å². The Bertz CT molecular complexity index is 498. The molecule has 0 aliphatic carbocycles. The van der Waals surface area contributed by atoms with Gasteiger partial charge in [-0.05, 0) is 45.0 Å². The standard InChI is InChI=1S/C18H34O5Si/c1-11-18(19-8)14-13(21-16(5,6)22-14)17(7,23-18)12-20-24(9,10)15(2,3)4/h11,13-14H,1,12H2,2-10H3/t13-,14+,17+,18-/m0/s1. The molecule has 0 radical (unpaired) electrons. The SMILES string of the molecule is C=C[C@]1(OC)O[C@](C)(CO[Si](C)(C)C(C)(C)C)[C@H]2OC(C)(C)O[C@H]21. The van der Waals surface area contributed by atoms with Crippen molar-refractivity contribution in [2.24, 2.45) is 0 Å². The van der Waals surface area contributed by atoms with E-state index >= 15 is 0 Å². The van der Waals surface area contributed by atoms with Crippen LogP contribution in [-0.2, 0) is 23.4 Å². The predicted octanol–water partition coefficient (Wildman–Crippen LogP) is 3.85. The Kier molecular flexibility index (Phi) is 4.93. The van der Waals surface area contributed by atoms with Crippen LogP contribution >= 0.6 is 0 Å². The highest BCUT2D eigenvalue weighted by Gasteiger charge is 2.67. The van der Waals surface area contributed by atoms with Gasteiger partial charge >= 0.3 is 0 Å². The number of rotatable bonds is 5. The Morgan fingerprint density at radius 3 is 2.12 bits per heavy atom. The van der Waals surface area contributed by atoms with Gasteiger partial charge in [0.1, 0.15) is 17.8 Å². The van der Waals surface area contributed by atoms with Gasteiger partial charge < -0.3 is 23.4 Å². The molecule has 2 saturated heterocycles. The van der Waals surface area contributed by atoms with Gasteiger partial charge in [-0.2, -0.15) is 0 Å². The summed E-state index contributed by atoms with van der Waals surface area (Å²) in [4.78, 5) is 0. The normalized spacial score (nSPS) is 39.0. The summed E-state index contributed by atoms with van der Waals surface area (Å²) in [6.07, 6.45) is 1.01. The van der Waals surface area contributed by atoms with Gasteiger partial charge in [-0.3, -0.25) is 0 Å². The van der Waals surface area contributed by atoms with Crippen LogP contribution in [-0.4, -0.2) is 51.4 Å². The van der Waals surface area contributed by atoms with Gasteiger partial charge in [-0.1, -0.05) is 27.4 Å². The molecule has 0 bridgehead atoms. The lowest BCUT2D eigenvalue weighted by atomic mass is 9.96. The average Bonchev–Trinajstić information content (AvgIpc) is 2.88. The fourth-order valence-corrected chi connectivity index (χ4v) is 4.11. The van der Waals surface area contributed by atoms with Crippen LogP contribution < -0.4 is 0 Å². The van der Waals surface area contributed by atoms with Crippen molar-refractivity contribution >= 4 is 8.32 Å². The smallest absolute Gasteiger partial charge is 0.217 e. The number of hydrogen-bond donors (Lipinski definition) is 0. The first-order valence-electron chi connectivity index (χ1n) is 8.60. The molecule has 2 aliphatic heterocycles. The van der Waals surface area contributed by atoms with Crippen LogP contribution in [0.3, 0.4) is 0 Å². The molecule has 0 amide bonds. The summed E-state index contributed by atoms with van der Waals surface area (Å²) >= 11 is 0. The molecule has 4 atom stereocenters. The van der Waals surface area contributed by atoms with E-state index in [4.69, 9.17) is 23.4 Å². The van der Waals surface area contributed by atoms with Crippen LogP contribution in [0.25, 0.3) is 0 Å². The highest BCUT2D eigenvalue weighted by atomic mass is 28.4. The quantitative estimate of drug-likeness (QED) is 0.552. The lowest BCUT2D eigenvalue weighted by molar-refractivity contribution is -0.284. The molecule has 2 heterocycles. The summed E-state index contributed by atoms with van der Waals surface area (Å²) in [7, 11) is -0.304. The molecule has 2 fully saturated rings. The topological polar surface area (TPSA) is 46.2 Å². The maximum atomic E-state index is 6.43. The van der Waals surface area contributed by atoms with E-state index in [0.29, 0.717) is 6.61 Å². The van der Waals surface area contributed by atoms with Gasteiger partial charge in [0.2, 0.25) is 5.79 Å². The molecule has 0 aromatic rings. The molecule has 0 unspecified atom stereocenters. The van der Waals surface area contributed by atoms with Crippen LogP contribution in [0.5, 0.6) is 0 Å². The van der Waals surface area contributed by atoms with Crippen LogP contribution in [0.1, 0.15) is 41.5 Å². The summed E-state index contributed by atoms with van der Waals surface area (Å²) in [6.45, 7) is 21.3. The molecule has 0 N–H and O–H groups in total. The van der Waals surface area contributed by atoms with Crippen LogP contribution in [0.4, 0.5) is 0 Å². The monoisotopic (exact) mass is 358 g/mol. The number of fused-ring (bicyclic) bond motifs is 1. The van der Waals surface area contributed by atoms with E-state index in [1.54, 1.807) is 13.2 Å². The van der Waals surface area contributed by atoms with E-state index in [-0.39, 0.29) is 17.2 Å². The van der Waals surface area contributed by atoms with Gasteiger partial charge in [0.05, 0.1) is 6.61 Å². The molecule has 0 spiro atoms. The van der Waals surface area contributed by atoms with Crippen LogP contribution in [0.15, 0.2) is 12.7 Å². The van der Waals surface area contributed by atoms with Gasteiger partial charge in [-0.25, -0.2) is 0 Å². The summed E-state index contributed by atoms with van der Waals surface area (Å²) in [5.74, 6) is -1.71. The first-order valence-corrected chi connectivity index (χ1v) is 11.5. The lowest BCUT2D eigenvalue weighted by Gasteiger charge is -2.40. The van der Waals surface area contributed by atoms with E-state index < -0.39 is 25.5 Å². The zero-order valence-corrected chi connectivity index (χ0v) is 17.7. The molecule has 6 heteroatoms. The Balaban J connectivity index is 2.27. The third-order valence-corrected chi connectivity index (χ3v) is 10.1. The van der Waals surface area contributed by atoms with E-state index in [1.165, 1.54) is 0 Å².